The number of nitrogens with two attached hydrogens (primary N) is 1. The van der Waals surface area contributed by atoms with E-state index >= 15 is 0 Å². The van der Waals surface area contributed by atoms with Gasteiger partial charge in [-0.3, -0.25) is 0 Å². The molecule has 0 saturated heterocycles. The van der Waals surface area contributed by atoms with Crippen molar-refractivity contribution >= 4 is 0 Å². The van der Waals surface area contributed by atoms with Gasteiger partial charge in [0, 0.05) is 23.6 Å². The summed E-state index contributed by atoms with van der Waals surface area (Å²) >= 11 is 0. The summed E-state index contributed by atoms with van der Waals surface area (Å²) in [4.78, 5) is 0. The van der Waals surface area contributed by atoms with Gasteiger partial charge in [-0.25, -0.2) is 0 Å². The average molecular weight is 271 g/mol. The molecule has 2 atom stereocenters. The van der Waals surface area contributed by atoms with E-state index in [9.17, 15) is 0 Å². The fourth-order valence-electron chi connectivity index (χ4n) is 2.33. The molecule has 0 aromatic heterocycles. The van der Waals surface area contributed by atoms with Gasteiger partial charge in [-0.05, 0) is 11.6 Å². The molecular formula is C17H21NO2. The Bertz CT molecular complexity index is 554. The van der Waals surface area contributed by atoms with Gasteiger partial charge in [-0.15, -0.1) is 0 Å². The molecule has 0 heterocycles. The topological polar surface area (TPSA) is 44.5 Å². The van der Waals surface area contributed by atoms with Crippen LogP contribution in [0.1, 0.15) is 30.0 Å². The van der Waals surface area contributed by atoms with Gasteiger partial charge in [0.1, 0.15) is 11.5 Å². The van der Waals surface area contributed by atoms with Gasteiger partial charge in [0.25, 0.3) is 0 Å². The van der Waals surface area contributed by atoms with Crippen molar-refractivity contribution in [2.75, 3.05) is 14.2 Å². The van der Waals surface area contributed by atoms with Crippen molar-refractivity contribution in [2.24, 2.45) is 5.73 Å². The maximum Gasteiger partial charge on any atom is 0.127 e. The lowest BCUT2D eigenvalue weighted by Gasteiger charge is -2.23. The van der Waals surface area contributed by atoms with Gasteiger partial charge in [0.2, 0.25) is 0 Å². The Labute approximate surface area is 120 Å². The summed E-state index contributed by atoms with van der Waals surface area (Å²) in [6.45, 7) is 2.13. The summed E-state index contributed by atoms with van der Waals surface area (Å²) in [7, 11) is 3.29. The number of hydrogen-bond donors (Lipinski definition) is 1. The number of hydrogen-bond acceptors (Lipinski definition) is 3. The molecule has 106 valence electrons. The Morgan fingerprint density at radius 2 is 1.65 bits per heavy atom. The van der Waals surface area contributed by atoms with Crippen LogP contribution in [0.5, 0.6) is 11.5 Å². The first-order valence-electron chi connectivity index (χ1n) is 6.69. The van der Waals surface area contributed by atoms with Crippen molar-refractivity contribution in [2.45, 2.75) is 18.9 Å². The quantitative estimate of drug-likeness (QED) is 0.905. The predicted octanol–water partition coefficient (Wildman–Crippen LogP) is 3.51. The molecule has 20 heavy (non-hydrogen) atoms. The monoisotopic (exact) mass is 271 g/mol. The minimum atomic E-state index is -0.127. The van der Waals surface area contributed by atoms with Crippen molar-refractivity contribution in [3.8, 4) is 11.5 Å². The molecule has 0 fully saturated rings. The van der Waals surface area contributed by atoms with Crippen molar-refractivity contribution < 1.29 is 9.47 Å². The summed E-state index contributed by atoms with van der Waals surface area (Å²) in [6, 6.07) is 15.9. The van der Waals surface area contributed by atoms with E-state index in [4.69, 9.17) is 15.2 Å². The number of ether oxygens (including phenoxy) is 2. The van der Waals surface area contributed by atoms with E-state index in [2.05, 4.69) is 19.1 Å². The number of benzene rings is 2. The van der Waals surface area contributed by atoms with Gasteiger partial charge >= 0.3 is 0 Å². The van der Waals surface area contributed by atoms with Gasteiger partial charge in [0.05, 0.1) is 14.2 Å². The Kier molecular flexibility index (Phi) is 4.64. The molecule has 2 aromatic carbocycles. The minimum Gasteiger partial charge on any atom is -0.497 e. The van der Waals surface area contributed by atoms with Gasteiger partial charge in [0.15, 0.2) is 0 Å². The van der Waals surface area contributed by atoms with Crippen LogP contribution in [0, 0.1) is 0 Å². The van der Waals surface area contributed by atoms with Crippen LogP contribution in [0.4, 0.5) is 0 Å². The molecule has 0 aliphatic heterocycles. The van der Waals surface area contributed by atoms with Crippen LogP contribution in [0.2, 0.25) is 0 Å². The molecule has 2 aromatic rings. The lowest BCUT2D eigenvalue weighted by molar-refractivity contribution is 0.386. The molecule has 3 heteroatoms. The van der Waals surface area contributed by atoms with Gasteiger partial charge < -0.3 is 15.2 Å². The highest BCUT2D eigenvalue weighted by atomic mass is 16.5. The normalized spacial score (nSPS) is 13.6. The van der Waals surface area contributed by atoms with Crippen LogP contribution in [-0.2, 0) is 0 Å². The van der Waals surface area contributed by atoms with Gasteiger partial charge in [-0.2, -0.15) is 0 Å². The first-order valence-corrected chi connectivity index (χ1v) is 6.69. The molecule has 2 N–H and O–H groups in total. The molecule has 0 aliphatic rings. The maximum atomic E-state index is 6.42. The van der Waals surface area contributed by atoms with Crippen LogP contribution in [-0.4, -0.2) is 14.2 Å². The lowest BCUT2D eigenvalue weighted by atomic mass is 9.89. The minimum absolute atomic E-state index is 0.127. The Balaban J connectivity index is 2.31. The summed E-state index contributed by atoms with van der Waals surface area (Å²) in [5.74, 6) is 1.74. The van der Waals surface area contributed by atoms with E-state index in [-0.39, 0.29) is 12.0 Å². The molecule has 0 spiro atoms. The van der Waals surface area contributed by atoms with Crippen LogP contribution < -0.4 is 15.2 Å². The van der Waals surface area contributed by atoms with Crippen molar-refractivity contribution in [3.05, 3.63) is 59.7 Å². The van der Waals surface area contributed by atoms with E-state index in [0.29, 0.717) is 0 Å². The fraction of sp³-hybridized carbons (Fsp3) is 0.294. The zero-order valence-electron chi connectivity index (χ0n) is 12.2. The zero-order chi connectivity index (χ0) is 14.5. The van der Waals surface area contributed by atoms with E-state index in [1.807, 2.05) is 36.4 Å². The number of methoxy groups -OCH3 is 2. The lowest BCUT2D eigenvalue weighted by Crippen LogP contribution is -2.18. The van der Waals surface area contributed by atoms with Gasteiger partial charge in [-0.1, -0.05) is 43.3 Å². The zero-order valence-corrected chi connectivity index (χ0v) is 12.2. The SMILES string of the molecule is COc1ccc(C(N)C(C)c2ccccc2)c(OC)c1. The highest BCUT2D eigenvalue weighted by molar-refractivity contribution is 5.43. The average Bonchev–Trinajstić information content (AvgIpc) is 2.53. The van der Waals surface area contributed by atoms with E-state index in [1.165, 1.54) is 5.56 Å². The first kappa shape index (κ1) is 14.4. The van der Waals surface area contributed by atoms with Crippen LogP contribution in [0.25, 0.3) is 0 Å². The largest absolute Gasteiger partial charge is 0.497 e. The smallest absolute Gasteiger partial charge is 0.127 e. The molecule has 0 saturated carbocycles. The van der Waals surface area contributed by atoms with E-state index < -0.39 is 0 Å². The van der Waals surface area contributed by atoms with E-state index in [1.54, 1.807) is 14.2 Å². The van der Waals surface area contributed by atoms with E-state index in [0.717, 1.165) is 17.1 Å². The highest BCUT2D eigenvalue weighted by Gasteiger charge is 2.20. The predicted molar refractivity (Wildman–Crippen MR) is 81.3 cm³/mol. The first-order chi connectivity index (χ1) is 9.67. The third-order valence-corrected chi connectivity index (χ3v) is 3.66. The molecule has 0 aliphatic carbocycles. The summed E-state index contributed by atoms with van der Waals surface area (Å²) in [6.07, 6.45) is 0. The summed E-state index contributed by atoms with van der Waals surface area (Å²) < 4.78 is 10.7. The third kappa shape index (κ3) is 2.94. The second kappa shape index (κ2) is 6.44. The van der Waals surface area contributed by atoms with Crippen LogP contribution in [0.3, 0.4) is 0 Å². The Morgan fingerprint density at radius 1 is 0.950 bits per heavy atom. The second-order valence-electron chi connectivity index (χ2n) is 4.83. The third-order valence-electron chi connectivity index (χ3n) is 3.66. The Morgan fingerprint density at radius 3 is 2.25 bits per heavy atom. The maximum absolute atomic E-state index is 6.42. The van der Waals surface area contributed by atoms with Crippen LogP contribution in [0.15, 0.2) is 48.5 Å². The molecule has 0 amide bonds. The summed E-state index contributed by atoms with van der Waals surface area (Å²) in [5.41, 5.74) is 8.63. The molecular weight excluding hydrogens is 250 g/mol. The fourth-order valence-corrected chi connectivity index (χ4v) is 2.33. The Hall–Kier alpha value is -2.00. The molecule has 3 nitrogen and oxygen atoms in total. The molecule has 2 rings (SSSR count). The molecule has 0 radical (unpaired) electrons. The highest BCUT2D eigenvalue weighted by Crippen LogP contribution is 2.35. The standard InChI is InChI=1S/C17H21NO2/c1-12(13-7-5-4-6-8-13)17(18)15-10-9-14(19-2)11-16(15)20-3/h4-12,17H,18H2,1-3H3. The van der Waals surface area contributed by atoms with Crippen LogP contribution >= 0.6 is 0 Å². The molecule has 0 bridgehead atoms. The van der Waals surface area contributed by atoms with Crippen molar-refractivity contribution in [1.29, 1.82) is 0 Å². The van der Waals surface area contributed by atoms with Crippen molar-refractivity contribution in [3.63, 3.8) is 0 Å². The summed E-state index contributed by atoms with van der Waals surface area (Å²) in [5, 5.41) is 0. The molecule has 2 unspecified atom stereocenters. The van der Waals surface area contributed by atoms with Crippen molar-refractivity contribution in [1.82, 2.24) is 0 Å². The number of rotatable bonds is 5. The second-order valence-corrected chi connectivity index (χ2v) is 4.83.